The average molecular weight is 297 g/mol. The van der Waals surface area contributed by atoms with Crippen molar-refractivity contribution in [1.82, 2.24) is 4.90 Å². The van der Waals surface area contributed by atoms with Crippen molar-refractivity contribution in [3.8, 4) is 5.75 Å². The highest BCUT2D eigenvalue weighted by atomic mass is 35.5. The molecule has 2 amide bonds. The molecule has 0 radical (unpaired) electrons. The van der Waals surface area contributed by atoms with Crippen LogP contribution in [-0.4, -0.2) is 36.4 Å². The van der Waals surface area contributed by atoms with Gasteiger partial charge in [-0.1, -0.05) is 11.6 Å². The average Bonchev–Trinajstić information content (AvgIpc) is 2.90. The van der Waals surface area contributed by atoms with Crippen LogP contribution >= 0.6 is 11.6 Å². The van der Waals surface area contributed by atoms with Crippen LogP contribution in [0.5, 0.6) is 5.75 Å². The highest BCUT2D eigenvalue weighted by molar-refractivity contribution is 6.33. The summed E-state index contributed by atoms with van der Waals surface area (Å²) >= 11 is 6.08. The summed E-state index contributed by atoms with van der Waals surface area (Å²) < 4.78 is 5.05. The Balaban J connectivity index is 2.10. The maximum Gasteiger partial charge on any atom is 0.247 e. The maximum absolute atomic E-state index is 12.2. The molecule has 1 aliphatic heterocycles. The first kappa shape index (κ1) is 14.7. The van der Waals surface area contributed by atoms with Crippen LogP contribution in [0, 0.1) is 0 Å². The van der Waals surface area contributed by atoms with Crippen molar-refractivity contribution in [2.24, 2.45) is 0 Å². The monoisotopic (exact) mass is 296 g/mol. The summed E-state index contributed by atoms with van der Waals surface area (Å²) in [5.41, 5.74) is 0.521. The minimum atomic E-state index is -0.411. The summed E-state index contributed by atoms with van der Waals surface area (Å²) in [6.07, 6.45) is 1.52. The predicted molar refractivity (Wildman–Crippen MR) is 77.0 cm³/mol. The number of carbonyl (C=O) groups is 2. The van der Waals surface area contributed by atoms with Crippen LogP contribution in [-0.2, 0) is 9.59 Å². The van der Waals surface area contributed by atoms with E-state index in [1.165, 1.54) is 6.92 Å². The molecule has 0 saturated carbocycles. The second-order valence-electron chi connectivity index (χ2n) is 4.71. The molecule has 0 aliphatic carbocycles. The number of amides is 2. The van der Waals surface area contributed by atoms with Gasteiger partial charge in [0.05, 0.1) is 17.8 Å². The Morgan fingerprint density at radius 1 is 1.45 bits per heavy atom. The zero-order valence-electron chi connectivity index (χ0n) is 11.5. The molecule has 0 bridgehead atoms. The summed E-state index contributed by atoms with van der Waals surface area (Å²) in [6.45, 7) is 2.11. The Bertz CT molecular complexity index is 533. The maximum atomic E-state index is 12.2. The standard InChI is InChI=1S/C14H17ClN2O3/c1-9(18)17-7-3-4-13(17)14(19)16-12-6-5-10(20-2)8-11(12)15/h5-6,8,13H,3-4,7H2,1-2H3,(H,16,19). The lowest BCUT2D eigenvalue weighted by atomic mass is 10.2. The van der Waals surface area contributed by atoms with Gasteiger partial charge in [0.15, 0.2) is 0 Å². The first-order valence-corrected chi connectivity index (χ1v) is 6.82. The molecule has 20 heavy (non-hydrogen) atoms. The van der Waals surface area contributed by atoms with Crippen molar-refractivity contribution in [2.45, 2.75) is 25.8 Å². The van der Waals surface area contributed by atoms with E-state index in [1.54, 1.807) is 30.2 Å². The number of anilines is 1. The Labute approximate surface area is 122 Å². The van der Waals surface area contributed by atoms with Gasteiger partial charge < -0.3 is 15.0 Å². The molecule has 1 aromatic rings. The normalized spacial score (nSPS) is 17.9. The Morgan fingerprint density at radius 2 is 2.20 bits per heavy atom. The lowest BCUT2D eigenvalue weighted by Crippen LogP contribution is -2.42. The number of halogens is 1. The molecule has 1 saturated heterocycles. The number of ether oxygens (including phenoxy) is 1. The summed E-state index contributed by atoms with van der Waals surface area (Å²) in [7, 11) is 1.55. The number of methoxy groups -OCH3 is 1. The molecule has 0 spiro atoms. The number of likely N-dealkylation sites (tertiary alicyclic amines) is 1. The Hall–Kier alpha value is -1.75. The van der Waals surface area contributed by atoms with Crippen molar-refractivity contribution >= 4 is 29.1 Å². The molecule has 2 rings (SSSR count). The van der Waals surface area contributed by atoms with Crippen molar-refractivity contribution in [3.05, 3.63) is 23.2 Å². The van der Waals surface area contributed by atoms with Gasteiger partial charge in [0, 0.05) is 19.5 Å². The van der Waals surface area contributed by atoms with Crippen molar-refractivity contribution in [3.63, 3.8) is 0 Å². The number of nitrogens with one attached hydrogen (secondary N) is 1. The van der Waals surface area contributed by atoms with Gasteiger partial charge in [-0.3, -0.25) is 9.59 Å². The fraction of sp³-hybridized carbons (Fsp3) is 0.429. The van der Waals surface area contributed by atoms with E-state index in [2.05, 4.69) is 5.32 Å². The van der Waals surface area contributed by atoms with Gasteiger partial charge in [0.1, 0.15) is 11.8 Å². The minimum absolute atomic E-state index is 0.0801. The number of nitrogens with zero attached hydrogens (tertiary/aromatic N) is 1. The molecule has 1 atom stereocenters. The van der Waals surface area contributed by atoms with Gasteiger partial charge in [-0.2, -0.15) is 0 Å². The zero-order valence-corrected chi connectivity index (χ0v) is 12.2. The second-order valence-corrected chi connectivity index (χ2v) is 5.11. The molecule has 0 aromatic heterocycles. The number of hydrogen-bond donors (Lipinski definition) is 1. The summed E-state index contributed by atoms with van der Waals surface area (Å²) in [4.78, 5) is 25.3. The van der Waals surface area contributed by atoms with Crippen molar-refractivity contribution in [2.75, 3.05) is 19.0 Å². The molecule has 1 heterocycles. The SMILES string of the molecule is COc1ccc(NC(=O)C2CCCN2C(C)=O)c(Cl)c1. The van der Waals surface area contributed by atoms with Gasteiger partial charge in [-0.15, -0.1) is 0 Å². The molecular formula is C14H17ClN2O3. The summed E-state index contributed by atoms with van der Waals surface area (Å²) in [5, 5.41) is 3.18. The fourth-order valence-corrected chi connectivity index (χ4v) is 2.57. The molecule has 1 fully saturated rings. The Morgan fingerprint density at radius 3 is 2.80 bits per heavy atom. The number of carbonyl (C=O) groups excluding carboxylic acids is 2. The van der Waals surface area contributed by atoms with Gasteiger partial charge in [0.25, 0.3) is 0 Å². The lowest BCUT2D eigenvalue weighted by molar-refractivity contribution is -0.134. The summed E-state index contributed by atoms with van der Waals surface area (Å²) in [6, 6.07) is 4.63. The van der Waals surface area contributed by atoms with E-state index in [9.17, 15) is 9.59 Å². The zero-order chi connectivity index (χ0) is 14.7. The van der Waals surface area contributed by atoms with Crippen LogP contribution < -0.4 is 10.1 Å². The van der Waals surface area contributed by atoms with Crippen LogP contribution in [0.3, 0.4) is 0 Å². The highest BCUT2D eigenvalue weighted by Crippen LogP contribution is 2.27. The number of rotatable bonds is 3. The summed E-state index contributed by atoms with van der Waals surface area (Å²) in [5.74, 6) is 0.340. The molecule has 1 aromatic carbocycles. The second kappa shape index (κ2) is 6.13. The van der Waals surface area contributed by atoms with Crippen LogP contribution in [0.4, 0.5) is 5.69 Å². The van der Waals surface area contributed by atoms with E-state index in [1.807, 2.05) is 0 Å². The number of hydrogen-bond acceptors (Lipinski definition) is 3. The fourth-order valence-electron chi connectivity index (χ4n) is 2.36. The van der Waals surface area contributed by atoms with Crippen molar-refractivity contribution < 1.29 is 14.3 Å². The van der Waals surface area contributed by atoms with Gasteiger partial charge >= 0.3 is 0 Å². The predicted octanol–water partition coefficient (Wildman–Crippen LogP) is 2.30. The van der Waals surface area contributed by atoms with Crippen LogP contribution in [0.1, 0.15) is 19.8 Å². The first-order valence-electron chi connectivity index (χ1n) is 6.44. The van der Waals surface area contributed by atoms with Crippen LogP contribution in [0.15, 0.2) is 18.2 Å². The third-order valence-corrected chi connectivity index (χ3v) is 3.71. The molecule has 1 unspecified atom stereocenters. The molecule has 1 N–H and O–H groups in total. The smallest absolute Gasteiger partial charge is 0.247 e. The third kappa shape index (κ3) is 3.04. The van der Waals surface area contributed by atoms with Gasteiger partial charge in [-0.25, -0.2) is 0 Å². The minimum Gasteiger partial charge on any atom is -0.497 e. The lowest BCUT2D eigenvalue weighted by Gasteiger charge is -2.22. The highest BCUT2D eigenvalue weighted by Gasteiger charge is 2.32. The number of benzene rings is 1. The molecule has 108 valence electrons. The molecule has 6 heteroatoms. The van der Waals surface area contributed by atoms with Gasteiger partial charge in [-0.05, 0) is 25.0 Å². The largest absolute Gasteiger partial charge is 0.497 e. The van der Waals surface area contributed by atoms with Gasteiger partial charge in [0.2, 0.25) is 11.8 Å². The van der Waals surface area contributed by atoms with E-state index in [0.717, 1.165) is 6.42 Å². The van der Waals surface area contributed by atoms with Crippen LogP contribution in [0.2, 0.25) is 5.02 Å². The molecule has 5 nitrogen and oxygen atoms in total. The Kier molecular flexibility index (Phi) is 4.49. The van der Waals surface area contributed by atoms with E-state index >= 15 is 0 Å². The third-order valence-electron chi connectivity index (χ3n) is 3.39. The van der Waals surface area contributed by atoms with E-state index < -0.39 is 6.04 Å². The van der Waals surface area contributed by atoms with E-state index in [-0.39, 0.29) is 11.8 Å². The van der Waals surface area contributed by atoms with Crippen molar-refractivity contribution in [1.29, 1.82) is 0 Å². The first-order chi connectivity index (χ1) is 9.52. The van der Waals surface area contributed by atoms with Crippen LogP contribution in [0.25, 0.3) is 0 Å². The quantitative estimate of drug-likeness (QED) is 0.931. The van der Waals surface area contributed by atoms with E-state index in [0.29, 0.717) is 29.4 Å². The molecular weight excluding hydrogens is 280 g/mol. The molecule has 1 aliphatic rings. The van der Waals surface area contributed by atoms with E-state index in [4.69, 9.17) is 16.3 Å². The topological polar surface area (TPSA) is 58.6 Å².